The monoisotopic (exact) mass is 332 g/mol. The van der Waals surface area contributed by atoms with Crippen molar-refractivity contribution in [3.63, 3.8) is 0 Å². The van der Waals surface area contributed by atoms with Crippen LogP contribution in [-0.2, 0) is 4.79 Å². The molecule has 0 spiro atoms. The molecule has 1 unspecified atom stereocenters. The van der Waals surface area contributed by atoms with Crippen LogP contribution in [0.1, 0.15) is 42.5 Å². The van der Waals surface area contributed by atoms with E-state index < -0.39 is 0 Å². The van der Waals surface area contributed by atoms with Crippen molar-refractivity contribution in [3.05, 3.63) is 23.8 Å². The Hall–Kier alpha value is -2.24. The predicted molar refractivity (Wildman–Crippen MR) is 89.1 cm³/mol. The molecule has 0 aromatic heterocycles. The average molecular weight is 332 g/mol. The van der Waals surface area contributed by atoms with Crippen molar-refractivity contribution in [2.45, 2.75) is 38.2 Å². The number of nitrogens with zero attached hydrogens (tertiary/aromatic N) is 1. The summed E-state index contributed by atoms with van der Waals surface area (Å²) in [5.41, 5.74) is 5.87. The van der Waals surface area contributed by atoms with Gasteiger partial charge in [0.25, 0.3) is 5.91 Å². The lowest BCUT2D eigenvalue weighted by Crippen LogP contribution is -2.31. The van der Waals surface area contributed by atoms with Gasteiger partial charge in [-0.15, -0.1) is 0 Å². The highest BCUT2D eigenvalue weighted by Gasteiger charge is 2.30. The minimum absolute atomic E-state index is 0.107. The number of carbonyl (C=O) groups excluding carboxylic acids is 2. The van der Waals surface area contributed by atoms with Crippen molar-refractivity contribution in [1.29, 1.82) is 0 Å². The summed E-state index contributed by atoms with van der Waals surface area (Å²) in [7, 11) is 1.57. The van der Waals surface area contributed by atoms with Crippen LogP contribution in [0.25, 0.3) is 0 Å². The third-order valence-corrected chi connectivity index (χ3v) is 4.88. The molecule has 1 aromatic rings. The largest absolute Gasteiger partial charge is 0.493 e. The Kier molecular flexibility index (Phi) is 4.92. The number of primary amides is 1. The molecule has 1 atom stereocenters. The van der Waals surface area contributed by atoms with Crippen LogP contribution in [0.2, 0.25) is 0 Å². The van der Waals surface area contributed by atoms with E-state index in [9.17, 15) is 9.59 Å². The molecule has 2 fully saturated rings. The molecule has 6 heteroatoms. The zero-order chi connectivity index (χ0) is 17.1. The molecule has 130 valence electrons. The number of rotatable bonds is 5. The van der Waals surface area contributed by atoms with Gasteiger partial charge in [-0.05, 0) is 50.3 Å². The van der Waals surface area contributed by atoms with Crippen LogP contribution < -0.4 is 15.2 Å². The van der Waals surface area contributed by atoms with Crippen LogP contribution >= 0.6 is 0 Å². The van der Waals surface area contributed by atoms with Gasteiger partial charge in [-0.1, -0.05) is 0 Å². The first-order valence-electron chi connectivity index (χ1n) is 8.51. The van der Waals surface area contributed by atoms with Crippen molar-refractivity contribution in [2.24, 2.45) is 11.7 Å². The first-order valence-corrected chi connectivity index (χ1v) is 8.51. The Labute approximate surface area is 141 Å². The fourth-order valence-electron chi connectivity index (χ4n) is 3.44. The summed E-state index contributed by atoms with van der Waals surface area (Å²) < 4.78 is 11.4. The molecule has 2 N–H and O–H groups in total. The Balaban J connectivity index is 1.71. The number of benzene rings is 1. The van der Waals surface area contributed by atoms with E-state index in [-0.39, 0.29) is 23.8 Å². The Morgan fingerprint density at radius 1 is 1.17 bits per heavy atom. The minimum Gasteiger partial charge on any atom is -0.493 e. The van der Waals surface area contributed by atoms with Crippen LogP contribution in [0.3, 0.4) is 0 Å². The van der Waals surface area contributed by atoms with Gasteiger partial charge >= 0.3 is 0 Å². The van der Waals surface area contributed by atoms with Gasteiger partial charge in [0.2, 0.25) is 5.91 Å². The number of hydrogen-bond acceptors (Lipinski definition) is 4. The first kappa shape index (κ1) is 16.6. The van der Waals surface area contributed by atoms with E-state index in [1.807, 2.05) is 0 Å². The fraction of sp³-hybridized carbons (Fsp3) is 0.556. The van der Waals surface area contributed by atoms with Crippen molar-refractivity contribution in [2.75, 3.05) is 20.2 Å². The summed E-state index contributed by atoms with van der Waals surface area (Å²) in [6, 6.07) is 5.27. The van der Waals surface area contributed by atoms with Gasteiger partial charge in [0.15, 0.2) is 11.5 Å². The highest BCUT2D eigenvalue weighted by molar-refractivity contribution is 5.95. The van der Waals surface area contributed by atoms with Crippen LogP contribution in [0.4, 0.5) is 0 Å². The normalized spacial score (nSPS) is 21.0. The second-order valence-corrected chi connectivity index (χ2v) is 6.53. The molecule has 1 saturated carbocycles. The maximum Gasteiger partial charge on any atom is 0.254 e. The van der Waals surface area contributed by atoms with Crippen LogP contribution in [0.5, 0.6) is 11.5 Å². The third kappa shape index (κ3) is 3.47. The molecule has 3 rings (SSSR count). The number of hydrogen-bond donors (Lipinski definition) is 1. The molecule has 1 heterocycles. The molecule has 2 aliphatic rings. The summed E-state index contributed by atoms with van der Waals surface area (Å²) in [5.74, 6) is 0.546. The molecule has 1 saturated heterocycles. The van der Waals surface area contributed by atoms with E-state index >= 15 is 0 Å². The van der Waals surface area contributed by atoms with Crippen molar-refractivity contribution in [1.82, 2.24) is 4.90 Å². The number of nitrogens with two attached hydrogens (primary N) is 1. The maximum atomic E-state index is 12.6. The highest BCUT2D eigenvalue weighted by Crippen LogP contribution is 2.33. The average Bonchev–Trinajstić information content (AvgIpc) is 3.26. The van der Waals surface area contributed by atoms with E-state index in [1.165, 1.54) is 12.8 Å². The first-order chi connectivity index (χ1) is 11.6. The summed E-state index contributed by atoms with van der Waals surface area (Å²) in [6.07, 6.45) is 5.37. The Morgan fingerprint density at radius 3 is 2.54 bits per heavy atom. The Morgan fingerprint density at radius 2 is 1.92 bits per heavy atom. The number of methoxy groups -OCH3 is 1. The van der Waals surface area contributed by atoms with Gasteiger partial charge in [0.05, 0.1) is 19.1 Å². The van der Waals surface area contributed by atoms with Crippen LogP contribution in [0, 0.1) is 5.92 Å². The molecule has 1 aromatic carbocycles. The van der Waals surface area contributed by atoms with Crippen LogP contribution in [0.15, 0.2) is 18.2 Å². The number of amides is 2. The maximum absolute atomic E-state index is 12.6. The number of ether oxygens (including phenoxy) is 2. The van der Waals surface area contributed by atoms with Gasteiger partial charge in [0, 0.05) is 18.7 Å². The Bertz CT molecular complexity index is 625. The van der Waals surface area contributed by atoms with Crippen LogP contribution in [-0.4, -0.2) is 43.0 Å². The van der Waals surface area contributed by atoms with E-state index in [2.05, 4.69) is 0 Å². The predicted octanol–water partition coefficient (Wildman–Crippen LogP) is 1.96. The number of carbonyl (C=O) groups is 2. The van der Waals surface area contributed by atoms with Crippen molar-refractivity contribution >= 4 is 11.8 Å². The summed E-state index contributed by atoms with van der Waals surface area (Å²) in [6.45, 7) is 0.936. The van der Waals surface area contributed by atoms with Gasteiger partial charge in [-0.2, -0.15) is 0 Å². The molecule has 24 heavy (non-hydrogen) atoms. The molecule has 1 aliphatic heterocycles. The smallest absolute Gasteiger partial charge is 0.254 e. The molecule has 2 amide bonds. The van der Waals surface area contributed by atoms with Gasteiger partial charge in [0.1, 0.15) is 0 Å². The molecule has 6 nitrogen and oxygen atoms in total. The van der Waals surface area contributed by atoms with E-state index in [4.69, 9.17) is 15.2 Å². The lowest BCUT2D eigenvalue weighted by molar-refractivity contribution is -0.121. The SMILES string of the molecule is COc1cc(C(=O)N2CCC(C(N)=O)C2)ccc1OC1CCCC1. The van der Waals surface area contributed by atoms with E-state index in [0.29, 0.717) is 36.6 Å². The minimum atomic E-state index is -0.344. The van der Waals surface area contributed by atoms with E-state index in [0.717, 1.165) is 12.8 Å². The number of likely N-dealkylation sites (tertiary alicyclic amines) is 1. The topological polar surface area (TPSA) is 81.9 Å². The summed E-state index contributed by atoms with van der Waals surface area (Å²) >= 11 is 0. The van der Waals surface area contributed by atoms with Gasteiger partial charge < -0.3 is 20.1 Å². The molecule has 1 aliphatic carbocycles. The highest BCUT2D eigenvalue weighted by atomic mass is 16.5. The standard InChI is InChI=1S/C18H24N2O4/c1-23-16-10-12(6-7-15(16)24-14-4-2-3-5-14)18(22)20-9-8-13(11-20)17(19)21/h6-7,10,13-14H,2-5,8-9,11H2,1H3,(H2,19,21). The quantitative estimate of drug-likeness (QED) is 0.893. The molecular weight excluding hydrogens is 308 g/mol. The molecule has 0 radical (unpaired) electrons. The zero-order valence-corrected chi connectivity index (χ0v) is 14.0. The molecular formula is C18H24N2O4. The second-order valence-electron chi connectivity index (χ2n) is 6.53. The molecule has 0 bridgehead atoms. The fourth-order valence-corrected chi connectivity index (χ4v) is 3.44. The third-order valence-electron chi connectivity index (χ3n) is 4.88. The van der Waals surface area contributed by atoms with Crippen molar-refractivity contribution < 1.29 is 19.1 Å². The summed E-state index contributed by atoms with van der Waals surface area (Å²) in [5, 5.41) is 0. The lowest BCUT2D eigenvalue weighted by atomic mass is 10.1. The summed E-state index contributed by atoms with van der Waals surface area (Å²) in [4.78, 5) is 25.5. The van der Waals surface area contributed by atoms with Gasteiger partial charge in [-0.25, -0.2) is 0 Å². The second kappa shape index (κ2) is 7.11. The van der Waals surface area contributed by atoms with E-state index in [1.54, 1.807) is 30.2 Å². The van der Waals surface area contributed by atoms with Gasteiger partial charge in [-0.3, -0.25) is 9.59 Å². The lowest BCUT2D eigenvalue weighted by Gasteiger charge is -2.19. The zero-order valence-electron chi connectivity index (χ0n) is 14.0. The van der Waals surface area contributed by atoms with Crippen molar-refractivity contribution in [3.8, 4) is 11.5 Å².